The number of ether oxygens (including phenoxy) is 2. The lowest BCUT2D eigenvalue weighted by Gasteiger charge is -2.19. The van der Waals surface area contributed by atoms with E-state index in [-0.39, 0.29) is 23.6 Å². The van der Waals surface area contributed by atoms with Gasteiger partial charge in [-0.05, 0) is 13.8 Å². The van der Waals surface area contributed by atoms with Gasteiger partial charge in [-0.25, -0.2) is 0 Å². The fraction of sp³-hybridized carbons (Fsp3) is 0.429. The van der Waals surface area contributed by atoms with Gasteiger partial charge in [-0.3, -0.25) is 19.7 Å². The Morgan fingerprint density at radius 2 is 1.78 bits per heavy atom. The number of aliphatic carboxylic acids is 1. The van der Waals surface area contributed by atoms with Crippen LogP contribution in [0.3, 0.4) is 0 Å². The molecule has 0 aromatic heterocycles. The maximum Gasteiger partial charge on any atom is 0.310 e. The summed E-state index contributed by atoms with van der Waals surface area (Å²) in [5.74, 6) is -1.60. The van der Waals surface area contributed by atoms with Gasteiger partial charge in [0.25, 0.3) is 11.6 Å². The Balaban J connectivity index is 3.17. The third-order valence-corrected chi connectivity index (χ3v) is 3.21. The van der Waals surface area contributed by atoms with Crippen molar-refractivity contribution in [3.8, 4) is 11.5 Å². The molecule has 126 valence electrons. The van der Waals surface area contributed by atoms with Crippen molar-refractivity contribution in [2.24, 2.45) is 5.41 Å². The highest BCUT2D eigenvalue weighted by Gasteiger charge is 2.30. The number of nitrogens with zero attached hydrogens (tertiary/aromatic N) is 1. The molecule has 1 aromatic rings. The minimum Gasteiger partial charge on any atom is -0.493 e. The normalized spacial score (nSPS) is 10.8. The summed E-state index contributed by atoms with van der Waals surface area (Å²) in [7, 11) is 2.65. The number of carbonyl (C=O) groups is 2. The molecule has 23 heavy (non-hydrogen) atoms. The molecular weight excluding hydrogens is 308 g/mol. The molecule has 0 aliphatic carbocycles. The van der Waals surface area contributed by atoms with E-state index in [2.05, 4.69) is 5.32 Å². The number of nitrogens with one attached hydrogen (secondary N) is 1. The molecule has 0 unspecified atom stereocenters. The molecule has 1 amide bonds. The van der Waals surface area contributed by atoms with Crippen LogP contribution in [0.1, 0.15) is 24.2 Å². The fourth-order valence-corrected chi connectivity index (χ4v) is 1.67. The minimum atomic E-state index is -1.21. The van der Waals surface area contributed by atoms with Gasteiger partial charge in [0.05, 0.1) is 30.6 Å². The van der Waals surface area contributed by atoms with Crippen molar-refractivity contribution < 1.29 is 29.1 Å². The number of benzene rings is 1. The zero-order chi connectivity index (χ0) is 17.8. The van der Waals surface area contributed by atoms with Crippen LogP contribution in [0.4, 0.5) is 5.69 Å². The number of carboxylic acids is 1. The predicted octanol–water partition coefficient (Wildman–Crippen LogP) is 1.45. The first-order valence-corrected chi connectivity index (χ1v) is 6.56. The van der Waals surface area contributed by atoms with E-state index in [1.807, 2.05) is 0 Å². The van der Waals surface area contributed by atoms with Crippen LogP contribution in [-0.2, 0) is 4.79 Å². The first-order valence-electron chi connectivity index (χ1n) is 6.56. The van der Waals surface area contributed by atoms with Crippen molar-refractivity contribution in [3.05, 3.63) is 27.8 Å². The second kappa shape index (κ2) is 6.95. The zero-order valence-corrected chi connectivity index (χ0v) is 13.2. The van der Waals surface area contributed by atoms with Gasteiger partial charge in [0, 0.05) is 12.6 Å². The molecule has 1 aromatic carbocycles. The van der Waals surface area contributed by atoms with Crippen LogP contribution in [0.5, 0.6) is 11.5 Å². The lowest BCUT2D eigenvalue weighted by Crippen LogP contribution is -2.39. The zero-order valence-electron chi connectivity index (χ0n) is 13.2. The predicted molar refractivity (Wildman–Crippen MR) is 80.0 cm³/mol. The molecule has 0 bridgehead atoms. The van der Waals surface area contributed by atoms with Crippen molar-refractivity contribution in [1.82, 2.24) is 5.32 Å². The van der Waals surface area contributed by atoms with E-state index in [0.29, 0.717) is 0 Å². The molecule has 1 rings (SSSR count). The van der Waals surface area contributed by atoms with E-state index in [0.717, 1.165) is 6.07 Å². The van der Waals surface area contributed by atoms with Gasteiger partial charge in [-0.15, -0.1) is 0 Å². The number of hydrogen-bond acceptors (Lipinski definition) is 6. The van der Waals surface area contributed by atoms with E-state index < -0.39 is 27.9 Å². The summed E-state index contributed by atoms with van der Waals surface area (Å²) >= 11 is 0. The van der Waals surface area contributed by atoms with Crippen molar-refractivity contribution in [1.29, 1.82) is 0 Å². The van der Waals surface area contributed by atoms with Gasteiger partial charge in [0.1, 0.15) is 5.56 Å². The van der Waals surface area contributed by atoms with Gasteiger partial charge < -0.3 is 19.9 Å². The molecular formula is C14H18N2O7. The highest BCUT2D eigenvalue weighted by atomic mass is 16.6. The molecule has 0 saturated heterocycles. The number of rotatable bonds is 7. The molecule has 9 nitrogen and oxygen atoms in total. The SMILES string of the molecule is COc1cc(C(=O)NCC(C)(C)C(=O)O)c([N+](=O)[O-])cc1OC. The Labute approximate surface area is 132 Å². The summed E-state index contributed by atoms with van der Waals surface area (Å²) in [5, 5.41) is 22.5. The van der Waals surface area contributed by atoms with Gasteiger partial charge in [0.2, 0.25) is 0 Å². The summed E-state index contributed by atoms with van der Waals surface area (Å²) < 4.78 is 9.99. The number of amides is 1. The van der Waals surface area contributed by atoms with Crippen molar-refractivity contribution in [2.75, 3.05) is 20.8 Å². The van der Waals surface area contributed by atoms with Gasteiger partial charge >= 0.3 is 5.97 Å². The van der Waals surface area contributed by atoms with Gasteiger partial charge in [0.15, 0.2) is 11.5 Å². The van der Waals surface area contributed by atoms with Crippen LogP contribution in [-0.4, -0.2) is 42.7 Å². The van der Waals surface area contributed by atoms with Gasteiger partial charge in [-0.2, -0.15) is 0 Å². The monoisotopic (exact) mass is 326 g/mol. The van der Waals surface area contributed by atoms with Crippen LogP contribution in [0, 0.1) is 15.5 Å². The first kappa shape index (κ1) is 18.2. The fourth-order valence-electron chi connectivity index (χ4n) is 1.67. The Morgan fingerprint density at radius 1 is 1.26 bits per heavy atom. The third-order valence-electron chi connectivity index (χ3n) is 3.21. The van der Waals surface area contributed by atoms with Crippen LogP contribution < -0.4 is 14.8 Å². The lowest BCUT2D eigenvalue weighted by atomic mass is 9.94. The largest absolute Gasteiger partial charge is 0.493 e. The number of hydrogen-bond donors (Lipinski definition) is 2. The minimum absolute atomic E-state index is 0.113. The number of nitro groups is 1. The van der Waals surface area contributed by atoms with Crippen molar-refractivity contribution in [3.63, 3.8) is 0 Å². The second-order valence-corrected chi connectivity index (χ2v) is 5.35. The maximum absolute atomic E-state index is 12.2. The molecule has 0 heterocycles. The molecule has 0 aliphatic heterocycles. The summed E-state index contributed by atoms with van der Waals surface area (Å²) in [6.07, 6.45) is 0. The second-order valence-electron chi connectivity index (χ2n) is 5.35. The van der Waals surface area contributed by atoms with Crippen molar-refractivity contribution >= 4 is 17.6 Å². The highest BCUT2D eigenvalue weighted by Crippen LogP contribution is 2.34. The molecule has 0 atom stereocenters. The van der Waals surface area contributed by atoms with Crippen LogP contribution in [0.15, 0.2) is 12.1 Å². The number of carboxylic acid groups (broad SMARTS) is 1. The molecule has 0 radical (unpaired) electrons. The average Bonchev–Trinajstić information content (AvgIpc) is 2.50. The van der Waals surface area contributed by atoms with E-state index in [4.69, 9.17) is 14.6 Å². The van der Waals surface area contributed by atoms with E-state index in [1.165, 1.54) is 34.1 Å². The van der Waals surface area contributed by atoms with Gasteiger partial charge in [-0.1, -0.05) is 0 Å². The number of carbonyl (C=O) groups excluding carboxylic acids is 1. The Bertz CT molecular complexity index is 640. The Kier molecular flexibility index (Phi) is 5.50. The van der Waals surface area contributed by atoms with E-state index in [1.54, 1.807) is 0 Å². The first-order chi connectivity index (χ1) is 10.6. The van der Waals surface area contributed by atoms with E-state index >= 15 is 0 Å². The average molecular weight is 326 g/mol. The molecule has 0 spiro atoms. The van der Waals surface area contributed by atoms with Crippen LogP contribution in [0.25, 0.3) is 0 Å². The maximum atomic E-state index is 12.2. The molecule has 2 N–H and O–H groups in total. The Hall–Kier alpha value is -2.84. The summed E-state index contributed by atoms with van der Waals surface area (Å²) in [6, 6.07) is 2.26. The topological polar surface area (TPSA) is 128 Å². The van der Waals surface area contributed by atoms with Crippen LogP contribution in [0.2, 0.25) is 0 Å². The summed E-state index contributed by atoms with van der Waals surface area (Å²) in [4.78, 5) is 33.7. The molecule has 0 aliphatic rings. The molecule has 0 saturated carbocycles. The van der Waals surface area contributed by atoms with Crippen LogP contribution >= 0.6 is 0 Å². The smallest absolute Gasteiger partial charge is 0.310 e. The Morgan fingerprint density at radius 3 is 2.22 bits per heavy atom. The van der Waals surface area contributed by atoms with E-state index in [9.17, 15) is 19.7 Å². The highest BCUT2D eigenvalue weighted by molar-refractivity contribution is 5.99. The quantitative estimate of drug-likeness (QED) is 0.573. The standard InChI is InChI=1S/C14H18N2O7/c1-14(2,13(18)19)7-15-12(17)8-5-10(22-3)11(23-4)6-9(8)16(20)21/h5-6H,7H2,1-4H3,(H,15,17)(H,18,19). The summed E-state index contributed by atoms with van der Waals surface area (Å²) in [5.41, 5.74) is -1.91. The lowest BCUT2D eigenvalue weighted by molar-refractivity contribution is -0.385. The molecule has 0 fully saturated rings. The molecule has 9 heteroatoms. The summed E-state index contributed by atoms with van der Waals surface area (Å²) in [6.45, 7) is 2.67. The third kappa shape index (κ3) is 4.09. The van der Waals surface area contributed by atoms with Crippen molar-refractivity contribution in [2.45, 2.75) is 13.8 Å². The number of nitro benzene ring substituents is 1. The number of methoxy groups -OCH3 is 2.